The maximum Gasteiger partial charge on any atom is 0.503 e. The first-order valence-corrected chi connectivity index (χ1v) is 1.95. The van der Waals surface area contributed by atoms with Crippen LogP contribution in [-0.2, 0) is 26.2 Å². The summed E-state index contributed by atoms with van der Waals surface area (Å²) >= 11 is 0. The fourth-order valence-corrected chi connectivity index (χ4v) is 0. The van der Waals surface area contributed by atoms with E-state index in [0.29, 0.717) is 0 Å². The molecule has 13 heavy (non-hydrogen) atoms. The summed E-state index contributed by atoms with van der Waals surface area (Å²) in [6.07, 6.45) is -5.50. The molecule has 0 atom stereocenters. The molecule has 0 aromatic carbocycles. The van der Waals surface area contributed by atoms with E-state index in [1.165, 1.54) is 0 Å². The zero-order valence-electron chi connectivity index (χ0n) is 5.91. The molecule has 0 saturated heterocycles. The van der Waals surface area contributed by atoms with Crippen LogP contribution in [0.4, 0.5) is 14.4 Å². The van der Waals surface area contributed by atoms with Crippen LogP contribution in [-0.4, -0.2) is 49.1 Å². The molecule has 0 amide bonds. The van der Waals surface area contributed by atoms with Crippen LogP contribution in [0.3, 0.4) is 0 Å². The smallest absolute Gasteiger partial charge is 0.450 e. The van der Waals surface area contributed by atoms with Gasteiger partial charge in [0, 0.05) is 26.2 Å². The summed E-state index contributed by atoms with van der Waals surface area (Å²) in [5, 5.41) is 41.8. The van der Waals surface area contributed by atoms with E-state index in [1.807, 2.05) is 0 Å². The Balaban J connectivity index is -0.0000000450. The molecule has 10 heteroatoms. The Morgan fingerprint density at radius 3 is 0.538 bits per heavy atom. The third kappa shape index (κ3) is 473. The maximum atomic E-state index is 8.56. The summed E-state index contributed by atoms with van der Waals surface area (Å²) in [5.74, 6) is 0. The molecule has 0 aliphatic carbocycles. The van der Waals surface area contributed by atoms with Gasteiger partial charge in [0.15, 0.2) is 0 Å². The SMILES string of the molecule is O=C(O)O.O=C(O)O.O=C(O)O.[Zr]. The first-order valence-electron chi connectivity index (χ1n) is 1.95. The number of carboxylic acid groups (broad SMARTS) is 6. The van der Waals surface area contributed by atoms with Gasteiger partial charge in [0.1, 0.15) is 0 Å². The summed E-state index contributed by atoms with van der Waals surface area (Å²) in [4.78, 5) is 25.7. The molecule has 0 aromatic rings. The number of carbonyl (C=O) groups is 3. The number of hydrogen-bond donors (Lipinski definition) is 6. The zero-order valence-corrected chi connectivity index (χ0v) is 8.37. The Morgan fingerprint density at radius 2 is 0.538 bits per heavy atom. The van der Waals surface area contributed by atoms with Crippen LogP contribution in [0.5, 0.6) is 0 Å². The van der Waals surface area contributed by atoms with Crippen molar-refractivity contribution in [2.75, 3.05) is 0 Å². The van der Waals surface area contributed by atoms with Crippen molar-refractivity contribution < 1.29 is 71.2 Å². The van der Waals surface area contributed by atoms with E-state index < -0.39 is 18.5 Å². The summed E-state index contributed by atoms with van der Waals surface area (Å²) in [6, 6.07) is 0. The van der Waals surface area contributed by atoms with Gasteiger partial charge in [-0.05, 0) is 0 Å². The van der Waals surface area contributed by atoms with Gasteiger partial charge in [-0.3, -0.25) is 0 Å². The van der Waals surface area contributed by atoms with Gasteiger partial charge in [0.05, 0.1) is 0 Å². The van der Waals surface area contributed by atoms with Gasteiger partial charge in [-0.25, -0.2) is 14.4 Å². The van der Waals surface area contributed by atoms with Crippen LogP contribution < -0.4 is 0 Å². The fourth-order valence-electron chi connectivity index (χ4n) is 0. The van der Waals surface area contributed by atoms with Crippen LogP contribution >= 0.6 is 0 Å². The van der Waals surface area contributed by atoms with Crippen LogP contribution in [0, 0.1) is 0 Å². The Hall–Kier alpha value is -1.31. The van der Waals surface area contributed by atoms with Crippen molar-refractivity contribution >= 4 is 18.5 Å². The molecule has 0 aromatic heterocycles. The van der Waals surface area contributed by atoms with Crippen molar-refractivity contribution in [3.05, 3.63) is 0 Å². The molecular formula is C3H6O9Zr. The Labute approximate surface area is 90.0 Å². The van der Waals surface area contributed by atoms with E-state index >= 15 is 0 Å². The van der Waals surface area contributed by atoms with Gasteiger partial charge >= 0.3 is 18.5 Å². The monoisotopic (exact) mass is 276 g/mol. The predicted molar refractivity (Wildman–Crippen MR) is 32.0 cm³/mol. The summed E-state index contributed by atoms with van der Waals surface area (Å²) in [6.45, 7) is 0. The minimum atomic E-state index is -1.83. The molecule has 0 aliphatic heterocycles. The van der Waals surface area contributed by atoms with Crippen molar-refractivity contribution in [3.8, 4) is 0 Å². The maximum absolute atomic E-state index is 8.56. The standard InChI is InChI=1S/3CH2O3.Zr/c3*2-1(3)4;/h3*(H2,2,3,4);. The van der Waals surface area contributed by atoms with Crippen molar-refractivity contribution in [1.82, 2.24) is 0 Å². The van der Waals surface area contributed by atoms with Crippen molar-refractivity contribution in [1.29, 1.82) is 0 Å². The molecule has 9 nitrogen and oxygen atoms in total. The van der Waals surface area contributed by atoms with Crippen LogP contribution in [0.1, 0.15) is 0 Å². The van der Waals surface area contributed by atoms with Crippen LogP contribution in [0.2, 0.25) is 0 Å². The Bertz CT molecular complexity index is 112. The second-order valence-corrected chi connectivity index (χ2v) is 0.848. The van der Waals surface area contributed by atoms with Gasteiger partial charge in [0.25, 0.3) is 0 Å². The van der Waals surface area contributed by atoms with Gasteiger partial charge in [-0.1, -0.05) is 0 Å². The number of rotatable bonds is 0. The van der Waals surface area contributed by atoms with Crippen molar-refractivity contribution in [2.45, 2.75) is 0 Å². The molecule has 0 saturated carbocycles. The van der Waals surface area contributed by atoms with E-state index in [4.69, 9.17) is 45.0 Å². The van der Waals surface area contributed by atoms with E-state index in [9.17, 15) is 0 Å². The largest absolute Gasteiger partial charge is 0.503 e. The summed E-state index contributed by atoms with van der Waals surface area (Å²) in [5.41, 5.74) is 0. The van der Waals surface area contributed by atoms with E-state index in [1.54, 1.807) is 0 Å². The Morgan fingerprint density at radius 1 is 0.538 bits per heavy atom. The minimum absolute atomic E-state index is 0. The molecule has 0 unspecified atom stereocenters. The second-order valence-electron chi connectivity index (χ2n) is 0.848. The first kappa shape index (κ1) is 22.6. The molecule has 76 valence electrons. The van der Waals surface area contributed by atoms with Gasteiger partial charge < -0.3 is 30.6 Å². The fraction of sp³-hybridized carbons (Fsp3) is 0. The zero-order chi connectivity index (χ0) is 10.7. The average Bonchev–Trinajstić information content (AvgIpc) is 1.54. The molecule has 0 radical (unpaired) electrons. The Kier molecular flexibility index (Phi) is 29.5. The van der Waals surface area contributed by atoms with Gasteiger partial charge in [-0.15, -0.1) is 0 Å². The second kappa shape index (κ2) is 17.0. The average molecular weight is 277 g/mol. The molecular weight excluding hydrogens is 271 g/mol. The van der Waals surface area contributed by atoms with Crippen molar-refractivity contribution in [3.63, 3.8) is 0 Å². The summed E-state index contributed by atoms with van der Waals surface area (Å²) < 4.78 is 0. The number of hydrogen-bond acceptors (Lipinski definition) is 3. The molecule has 0 spiro atoms. The van der Waals surface area contributed by atoms with E-state index in [2.05, 4.69) is 0 Å². The van der Waals surface area contributed by atoms with E-state index in [-0.39, 0.29) is 26.2 Å². The first-order chi connectivity index (χ1) is 5.20. The molecule has 0 fully saturated rings. The third-order valence-electron chi connectivity index (χ3n) is 0. The minimum Gasteiger partial charge on any atom is -0.450 e. The van der Waals surface area contributed by atoms with Crippen molar-refractivity contribution in [2.24, 2.45) is 0 Å². The molecule has 6 N–H and O–H groups in total. The van der Waals surface area contributed by atoms with Gasteiger partial charge in [-0.2, -0.15) is 0 Å². The van der Waals surface area contributed by atoms with E-state index in [0.717, 1.165) is 0 Å². The third-order valence-corrected chi connectivity index (χ3v) is 0. The predicted octanol–water partition coefficient (Wildman–Crippen LogP) is 0.665. The molecule has 0 aliphatic rings. The normalized spacial score (nSPS) is 5.54. The summed E-state index contributed by atoms with van der Waals surface area (Å²) in [7, 11) is 0. The molecule has 0 rings (SSSR count). The van der Waals surface area contributed by atoms with Crippen LogP contribution in [0.15, 0.2) is 0 Å². The topological polar surface area (TPSA) is 173 Å². The quantitative estimate of drug-likeness (QED) is 0.371. The molecule has 0 bridgehead atoms. The van der Waals surface area contributed by atoms with Gasteiger partial charge in [0.2, 0.25) is 0 Å². The van der Waals surface area contributed by atoms with Crippen LogP contribution in [0.25, 0.3) is 0 Å². The molecule has 0 heterocycles.